The standard InChI is InChI=1S/C29H28FN7O2S/c1-16(2)23-14-25(37(35-23)19-9-7-6-8-10-19)33-28(39)32-24-13-20(17(3)11-22(24)30)21-12-18-15-31-29(40-5)34-26(18)36(4)27(21)38/h6-16H,1-5H3,(H2,32,33,39). The molecule has 9 nitrogen and oxygen atoms in total. The van der Waals surface area contributed by atoms with E-state index >= 15 is 4.39 Å². The average Bonchev–Trinajstić information content (AvgIpc) is 3.36. The van der Waals surface area contributed by atoms with Crippen molar-refractivity contribution in [3.8, 4) is 16.8 Å². The molecule has 0 unspecified atom stereocenters. The molecule has 0 saturated carbocycles. The van der Waals surface area contributed by atoms with Crippen LogP contribution in [0.2, 0.25) is 0 Å². The highest BCUT2D eigenvalue weighted by Gasteiger charge is 2.18. The van der Waals surface area contributed by atoms with Crippen molar-refractivity contribution in [1.29, 1.82) is 0 Å². The van der Waals surface area contributed by atoms with Crippen LogP contribution in [0.3, 0.4) is 0 Å². The van der Waals surface area contributed by atoms with E-state index in [0.717, 1.165) is 11.4 Å². The molecule has 0 aliphatic heterocycles. The minimum absolute atomic E-state index is 0.0657. The van der Waals surface area contributed by atoms with E-state index in [4.69, 9.17) is 0 Å². The van der Waals surface area contributed by atoms with E-state index in [9.17, 15) is 9.59 Å². The number of benzene rings is 2. The minimum Gasteiger partial charge on any atom is -0.305 e. The molecule has 5 rings (SSSR count). The third kappa shape index (κ3) is 5.20. The lowest BCUT2D eigenvalue weighted by atomic mass is 9.99. The fourth-order valence-corrected chi connectivity index (χ4v) is 4.72. The van der Waals surface area contributed by atoms with Gasteiger partial charge in [0, 0.05) is 30.3 Å². The van der Waals surface area contributed by atoms with Gasteiger partial charge in [0.25, 0.3) is 5.56 Å². The normalized spacial score (nSPS) is 11.3. The molecule has 2 aromatic carbocycles. The molecule has 3 heterocycles. The molecule has 204 valence electrons. The number of para-hydroxylation sites is 1. The number of halogens is 1. The van der Waals surface area contributed by atoms with Gasteiger partial charge in [0.2, 0.25) is 0 Å². The lowest BCUT2D eigenvalue weighted by molar-refractivity contribution is 0.262. The molecule has 0 radical (unpaired) electrons. The maximum absolute atomic E-state index is 15.1. The Labute approximate surface area is 234 Å². The Morgan fingerprint density at radius 3 is 2.50 bits per heavy atom. The number of aryl methyl sites for hydroxylation is 2. The fourth-order valence-electron chi connectivity index (χ4n) is 4.39. The summed E-state index contributed by atoms with van der Waals surface area (Å²) < 4.78 is 18.1. The van der Waals surface area contributed by atoms with Crippen molar-refractivity contribution in [2.24, 2.45) is 7.05 Å². The molecule has 0 fully saturated rings. The molecular formula is C29H28FN7O2S. The predicted molar refractivity (Wildman–Crippen MR) is 157 cm³/mol. The van der Waals surface area contributed by atoms with E-state index in [1.54, 1.807) is 37.0 Å². The van der Waals surface area contributed by atoms with Crippen LogP contribution in [0.1, 0.15) is 31.0 Å². The van der Waals surface area contributed by atoms with Crippen molar-refractivity contribution in [2.45, 2.75) is 31.8 Å². The summed E-state index contributed by atoms with van der Waals surface area (Å²) in [5.41, 5.74) is 3.09. The first kappa shape index (κ1) is 27.1. The summed E-state index contributed by atoms with van der Waals surface area (Å²) in [6.07, 6.45) is 3.52. The number of carbonyl (C=O) groups excluding carboxylic acids is 1. The van der Waals surface area contributed by atoms with Crippen LogP contribution in [0.15, 0.2) is 70.7 Å². The number of aromatic nitrogens is 5. The molecule has 3 aromatic heterocycles. The number of nitrogens with zero attached hydrogens (tertiary/aromatic N) is 5. The van der Waals surface area contributed by atoms with Crippen LogP contribution < -0.4 is 16.2 Å². The zero-order valence-corrected chi connectivity index (χ0v) is 23.5. The van der Waals surface area contributed by atoms with Gasteiger partial charge in [-0.2, -0.15) is 5.10 Å². The number of rotatable bonds is 6. The Balaban J connectivity index is 1.49. The Hall–Kier alpha value is -4.51. The molecule has 40 heavy (non-hydrogen) atoms. The summed E-state index contributed by atoms with van der Waals surface area (Å²) in [5.74, 6) is -0.0532. The van der Waals surface area contributed by atoms with E-state index in [2.05, 4.69) is 25.7 Å². The number of urea groups is 1. The van der Waals surface area contributed by atoms with Gasteiger partial charge in [0.15, 0.2) is 5.16 Å². The number of hydrogen-bond donors (Lipinski definition) is 2. The third-order valence-electron chi connectivity index (χ3n) is 6.52. The Morgan fingerprint density at radius 1 is 1.05 bits per heavy atom. The van der Waals surface area contributed by atoms with Gasteiger partial charge in [-0.05, 0) is 60.6 Å². The van der Waals surface area contributed by atoms with E-state index in [1.165, 1.54) is 28.5 Å². The number of amides is 2. The van der Waals surface area contributed by atoms with Crippen molar-refractivity contribution in [3.63, 3.8) is 0 Å². The molecule has 0 saturated heterocycles. The van der Waals surface area contributed by atoms with Crippen LogP contribution in [0.5, 0.6) is 0 Å². The highest BCUT2D eigenvalue weighted by atomic mass is 32.2. The smallest absolute Gasteiger partial charge is 0.305 e. The largest absolute Gasteiger partial charge is 0.324 e. The molecule has 0 aliphatic carbocycles. The lowest BCUT2D eigenvalue weighted by Gasteiger charge is -2.14. The SMILES string of the molecule is CSc1ncc2cc(-c3cc(NC(=O)Nc4cc(C(C)C)nn4-c4ccccc4)c(F)cc3C)c(=O)n(C)c2n1. The number of nitrogens with one attached hydrogen (secondary N) is 2. The van der Waals surface area contributed by atoms with Crippen LogP contribution in [-0.2, 0) is 7.05 Å². The van der Waals surface area contributed by atoms with Gasteiger partial charge < -0.3 is 5.32 Å². The fraction of sp³-hybridized carbons (Fsp3) is 0.207. The molecule has 11 heteroatoms. The highest BCUT2D eigenvalue weighted by Crippen LogP contribution is 2.29. The number of fused-ring (bicyclic) bond motifs is 1. The first-order chi connectivity index (χ1) is 19.2. The van der Waals surface area contributed by atoms with Crippen molar-refractivity contribution < 1.29 is 9.18 Å². The van der Waals surface area contributed by atoms with Gasteiger partial charge in [-0.1, -0.05) is 43.8 Å². The van der Waals surface area contributed by atoms with Crippen molar-refractivity contribution in [2.75, 3.05) is 16.9 Å². The summed E-state index contributed by atoms with van der Waals surface area (Å²) in [6, 6.07) is 15.0. The van der Waals surface area contributed by atoms with Gasteiger partial charge in [0.05, 0.1) is 17.1 Å². The van der Waals surface area contributed by atoms with Crippen LogP contribution in [0, 0.1) is 12.7 Å². The summed E-state index contributed by atoms with van der Waals surface area (Å²) in [6.45, 7) is 5.73. The van der Waals surface area contributed by atoms with Gasteiger partial charge in [-0.15, -0.1) is 0 Å². The maximum Gasteiger partial charge on any atom is 0.324 e. The minimum atomic E-state index is -0.648. The molecule has 2 N–H and O–H groups in total. The zero-order valence-electron chi connectivity index (χ0n) is 22.7. The van der Waals surface area contributed by atoms with E-state index in [-0.39, 0.29) is 17.2 Å². The summed E-state index contributed by atoms with van der Waals surface area (Å²) in [5, 5.41) is 11.2. The molecular weight excluding hydrogens is 529 g/mol. The third-order valence-corrected chi connectivity index (χ3v) is 7.09. The van der Waals surface area contributed by atoms with E-state index in [1.807, 2.05) is 50.4 Å². The van der Waals surface area contributed by atoms with E-state index in [0.29, 0.717) is 38.7 Å². The van der Waals surface area contributed by atoms with Crippen LogP contribution in [0.4, 0.5) is 20.7 Å². The second-order valence-electron chi connectivity index (χ2n) is 9.64. The number of hydrogen-bond acceptors (Lipinski definition) is 6. The predicted octanol–water partition coefficient (Wildman–Crippen LogP) is 6.12. The number of carbonyl (C=O) groups is 1. The average molecular weight is 558 g/mol. The van der Waals surface area contributed by atoms with Crippen LogP contribution in [0.25, 0.3) is 27.8 Å². The maximum atomic E-state index is 15.1. The monoisotopic (exact) mass is 557 g/mol. The lowest BCUT2D eigenvalue weighted by Crippen LogP contribution is -2.22. The van der Waals surface area contributed by atoms with E-state index < -0.39 is 11.8 Å². The van der Waals surface area contributed by atoms with Gasteiger partial charge >= 0.3 is 6.03 Å². The molecule has 0 aliphatic rings. The second kappa shape index (κ2) is 10.9. The summed E-state index contributed by atoms with van der Waals surface area (Å²) in [7, 11) is 1.64. The van der Waals surface area contributed by atoms with Crippen LogP contribution >= 0.6 is 11.8 Å². The Morgan fingerprint density at radius 2 is 1.80 bits per heavy atom. The van der Waals surface area contributed by atoms with Crippen LogP contribution in [-0.4, -0.2) is 36.6 Å². The van der Waals surface area contributed by atoms with Crippen molar-refractivity contribution >= 4 is 40.3 Å². The molecule has 5 aromatic rings. The Bertz CT molecular complexity index is 1800. The molecule has 0 spiro atoms. The van der Waals surface area contributed by atoms with Gasteiger partial charge in [0.1, 0.15) is 17.3 Å². The van der Waals surface area contributed by atoms with Gasteiger partial charge in [-0.3, -0.25) is 14.7 Å². The van der Waals surface area contributed by atoms with Gasteiger partial charge in [-0.25, -0.2) is 23.8 Å². The second-order valence-corrected chi connectivity index (χ2v) is 10.4. The molecule has 0 bridgehead atoms. The molecule has 0 atom stereocenters. The first-order valence-electron chi connectivity index (χ1n) is 12.6. The van der Waals surface area contributed by atoms with Crippen molar-refractivity contribution in [1.82, 2.24) is 24.3 Å². The quantitative estimate of drug-likeness (QED) is 0.193. The zero-order chi connectivity index (χ0) is 28.6. The topological polar surface area (TPSA) is 107 Å². The molecule has 2 amide bonds. The van der Waals surface area contributed by atoms with Crippen molar-refractivity contribution in [3.05, 3.63) is 88.2 Å². The first-order valence-corrected chi connectivity index (χ1v) is 13.8. The summed E-state index contributed by atoms with van der Waals surface area (Å²) in [4.78, 5) is 35.1. The highest BCUT2D eigenvalue weighted by molar-refractivity contribution is 7.98. The number of pyridine rings is 1. The summed E-state index contributed by atoms with van der Waals surface area (Å²) >= 11 is 1.38. The Kier molecular flexibility index (Phi) is 7.40. The number of anilines is 2. The number of thioether (sulfide) groups is 1.